The molecule has 1 aliphatic heterocycles. The van der Waals surface area contributed by atoms with Crippen molar-refractivity contribution in [2.24, 2.45) is 21.6 Å². The van der Waals surface area contributed by atoms with E-state index in [1.807, 2.05) is 6.07 Å². The van der Waals surface area contributed by atoms with E-state index in [-0.39, 0.29) is 53.4 Å². The topological polar surface area (TPSA) is 172 Å². The van der Waals surface area contributed by atoms with Crippen molar-refractivity contribution >= 4 is 47.0 Å². The van der Waals surface area contributed by atoms with Crippen LogP contribution in [0.5, 0.6) is 0 Å². The summed E-state index contributed by atoms with van der Waals surface area (Å²) < 4.78 is 1.41. The summed E-state index contributed by atoms with van der Waals surface area (Å²) in [5, 5.41) is 16.5. The minimum absolute atomic E-state index is 0.00302. The maximum atomic E-state index is 13.5. The Morgan fingerprint density at radius 1 is 1.25 bits per heavy atom. The molecule has 3 amide bonds. The third kappa shape index (κ3) is 5.06. The number of pyridine rings is 1. The van der Waals surface area contributed by atoms with Crippen LogP contribution < -0.4 is 11.1 Å². The highest BCUT2D eigenvalue weighted by atomic mass is 16.2. The number of nitrogens with two attached hydrogens (primary N) is 1. The van der Waals surface area contributed by atoms with Crippen LogP contribution in [-0.2, 0) is 16.1 Å². The lowest BCUT2D eigenvalue weighted by atomic mass is 10.1. The Morgan fingerprint density at radius 2 is 2.08 bits per heavy atom. The minimum atomic E-state index is -0.754. The number of aromatic nitrogens is 3. The number of hydrogen-bond donors (Lipinski definition) is 2. The first kappa shape index (κ1) is 26.0. The number of fused-ring (bicyclic) bond motifs is 2. The molecule has 198 valence electrons. The molecule has 12 nitrogen and oxygen atoms in total. The SMILES string of the molecule is C=CN=C(C#Cc1ccc2c(c1)c(C(N)=O)nn2CC(=O)N1[C@@H]2C[C@@H]2C[C@H]1C(=O)Nc1cccc(C#N)n1)N=C. The maximum Gasteiger partial charge on any atom is 0.269 e. The van der Waals surface area contributed by atoms with Crippen molar-refractivity contribution in [3.8, 4) is 17.9 Å². The number of benzene rings is 1. The van der Waals surface area contributed by atoms with Gasteiger partial charge in [0.05, 0.1) is 5.52 Å². The first-order chi connectivity index (χ1) is 19.3. The van der Waals surface area contributed by atoms with Gasteiger partial charge in [0.1, 0.15) is 30.2 Å². The molecule has 0 spiro atoms. The fraction of sp³-hybridized carbons (Fsp3) is 0.214. The molecule has 0 unspecified atom stereocenters. The molecule has 3 aromatic rings. The molecule has 1 saturated carbocycles. The third-order valence-electron chi connectivity index (χ3n) is 6.76. The van der Waals surface area contributed by atoms with Gasteiger partial charge in [-0.3, -0.25) is 19.1 Å². The van der Waals surface area contributed by atoms with Gasteiger partial charge in [0.2, 0.25) is 17.6 Å². The van der Waals surface area contributed by atoms with E-state index in [2.05, 4.69) is 50.5 Å². The van der Waals surface area contributed by atoms with E-state index in [4.69, 9.17) is 11.0 Å². The van der Waals surface area contributed by atoms with Crippen LogP contribution in [-0.4, -0.2) is 62.0 Å². The van der Waals surface area contributed by atoms with Crippen LogP contribution >= 0.6 is 0 Å². The molecule has 1 aromatic carbocycles. The second-order valence-corrected chi connectivity index (χ2v) is 9.27. The Morgan fingerprint density at radius 3 is 2.80 bits per heavy atom. The van der Waals surface area contributed by atoms with Gasteiger partial charge in [0.15, 0.2) is 5.69 Å². The van der Waals surface area contributed by atoms with Gasteiger partial charge in [-0.05, 0) is 61.7 Å². The fourth-order valence-electron chi connectivity index (χ4n) is 4.92. The number of carbonyl (C=O) groups is 3. The summed E-state index contributed by atoms with van der Waals surface area (Å²) in [6.07, 6.45) is 2.66. The number of amides is 3. The molecule has 3 heterocycles. The van der Waals surface area contributed by atoms with Gasteiger partial charge in [-0.1, -0.05) is 18.6 Å². The molecular weight excluding hydrogens is 510 g/mol. The van der Waals surface area contributed by atoms with Gasteiger partial charge in [-0.15, -0.1) is 0 Å². The van der Waals surface area contributed by atoms with Crippen molar-refractivity contribution in [1.29, 1.82) is 5.26 Å². The average Bonchev–Trinajstić information content (AvgIpc) is 3.46. The van der Waals surface area contributed by atoms with Crippen LogP contribution in [0.4, 0.5) is 5.82 Å². The highest BCUT2D eigenvalue weighted by Crippen LogP contribution is 2.48. The molecule has 2 aliphatic rings. The number of primary amides is 1. The molecule has 0 radical (unpaired) electrons. The van der Waals surface area contributed by atoms with Gasteiger partial charge in [-0.2, -0.15) is 10.4 Å². The average molecular weight is 534 g/mol. The summed E-state index contributed by atoms with van der Waals surface area (Å²) in [7, 11) is 0. The van der Waals surface area contributed by atoms with E-state index in [1.54, 1.807) is 35.2 Å². The molecule has 3 N–H and O–H groups in total. The highest BCUT2D eigenvalue weighted by molar-refractivity contribution is 6.05. The number of carbonyl (C=O) groups excluding carboxylic acids is 3. The monoisotopic (exact) mass is 533 g/mol. The molecule has 0 bridgehead atoms. The number of hydrogen-bond acceptors (Lipinski definition) is 7. The number of nitriles is 1. The number of piperidine rings is 1. The molecule has 1 saturated heterocycles. The van der Waals surface area contributed by atoms with Gasteiger partial charge in [-0.25, -0.2) is 15.0 Å². The Bertz CT molecular complexity index is 1720. The van der Waals surface area contributed by atoms with Crippen molar-refractivity contribution in [2.45, 2.75) is 31.5 Å². The standard InChI is InChI=1S/C28H23N9O3/c1-3-32-23(31-2)10-8-16-7-9-20-19(11-16)26(27(30)39)35-36(20)15-25(38)37-21-12-17(21)13-22(37)28(40)34-24-6-4-5-18(14-29)33-24/h3-7,9,11,17,21-22H,1-2,12-13,15H2,(H2,30,39)(H,33,34,40)/t17-,21-,22+/m1/s1. The van der Waals surface area contributed by atoms with Crippen molar-refractivity contribution < 1.29 is 14.4 Å². The number of amidine groups is 1. The van der Waals surface area contributed by atoms with Crippen LogP contribution in [0.3, 0.4) is 0 Å². The fourth-order valence-corrected chi connectivity index (χ4v) is 4.92. The number of aliphatic imine (C=N–C) groups is 2. The van der Waals surface area contributed by atoms with E-state index >= 15 is 0 Å². The summed E-state index contributed by atoms with van der Waals surface area (Å²) in [6, 6.07) is 11.0. The minimum Gasteiger partial charge on any atom is -0.364 e. The second kappa shape index (κ2) is 10.6. The van der Waals surface area contributed by atoms with Gasteiger partial charge in [0, 0.05) is 23.2 Å². The summed E-state index contributed by atoms with van der Waals surface area (Å²) in [6.45, 7) is 6.72. The largest absolute Gasteiger partial charge is 0.364 e. The Labute approximate surface area is 228 Å². The zero-order valence-electron chi connectivity index (χ0n) is 21.2. The summed E-state index contributed by atoms with van der Waals surface area (Å²) >= 11 is 0. The van der Waals surface area contributed by atoms with Crippen molar-refractivity contribution in [3.63, 3.8) is 0 Å². The van der Waals surface area contributed by atoms with Crippen LogP contribution in [0.25, 0.3) is 10.9 Å². The predicted molar refractivity (Wildman–Crippen MR) is 147 cm³/mol. The van der Waals surface area contributed by atoms with Crippen LogP contribution in [0, 0.1) is 29.1 Å². The van der Waals surface area contributed by atoms with E-state index in [0.29, 0.717) is 22.9 Å². The van der Waals surface area contributed by atoms with Gasteiger partial charge in [0.25, 0.3) is 5.91 Å². The van der Waals surface area contributed by atoms with Crippen LogP contribution in [0.15, 0.2) is 59.2 Å². The van der Waals surface area contributed by atoms with E-state index in [1.165, 1.54) is 16.9 Å². The molecule has 40 heavy (non-hydrogen) atoms. The van der Waals surface area contributed by atoms with Crippen LogP contribution in [0.1, 0.15) is 34.6 Å². The Balaban J connectivity index is 1.39. The first-order valence-electron chi connectivity index (χ1n) is 12.3. The van der Waals surface area contributed by atoms with Crippen molar-refractivity contribution in [2.75, 3.05) is 5.32 Å². The van der Waals surface area contributed by atoms with E-state index in [9.17, 15) is 14.4 Å². The molecule has 2 fully saturated rings. The van der Waals surface area contributed by atoms with Crippen LogP contribution in [0.2, 0.25) is 0 Å². The maximum absolute atomic E-state index is 13.5. The molecular formula is C28H23N9O3. The second-order valence-electron chi connectivity index (χ2n) is 9.27. The first-order valence-corrected chi connectivity index (χ1v) is 12.3. The van der Waals surface area contributed by atoms with E-state index in [0.717, 1.165) is 6.42 Å². The lowest BCUT2D eigenvalue weighted by Crippen LogP contribution is -2.46. The number of nitrogens with zero attached hydrogens (tertiary/aromatic N) is 7. The number of anilines is 1. The van der Waals surface area contributed by atoms with Crippen molar-refractivity contribution in [1.82, 2.24) is 19.7 Å². The number of nitrogens with one attached hydrogen (secondary N) is 1. The lowest BCUT2D eigenvalue weighted by Gasteiger charge is -2.26. The molecule has 5 rings (SSSR count). The summed E-state index contributed by atoms with van der Waals surface area (Å²) in [5.41, 5.74) is 6.82. The van der Waals surface area contributed by atoms with Crippen molar-refractivity contribution in [3.05, 3.63) is 66.1 Å². The van der Waals surface area contributed by atoms with E-state index < -0.39 is 11.9 Å². The molecule has 2 aromatic heterocycles. The lowest BCUT2D eigenvalue weighted by molar-refractivity contribution is -0.138. The quantitative estimate of drug-likeness (QED) is 0.277. The number of likely N-dealkylation sites (tertiary alicyclic amines) is 1. The molecule has 12 heteroatoms. The van der Waals surface area contributed by atoms with Gasteiger partial charge < -0.3 is 16.0 Å². The summed E-state index contributed by atoms with van der Waals surface area (Å²) in [5.74, 6) is 4.89. The predicted octanol–water partition coefficient (Wildman–Crippen LogP) is 1.62. The molecule has 3 atom stereocenters. The number of rotatable bonds is 6. The highest BCUT2D eigenvalue weighted by Gasteiger charge is 2.56. The normalized spacial score (nSPS) is 19.1. The summed E-state index contributed by atoms with van der Waals surface area (Å²) in [4.78, 5) is 52.1. The zero-order valence-corrected chi connectivity index (χ0v) is 21.2. The third-order valence-corrected chi connectivity index (χ3v) is 6.76. The zero-order chi connectivity index (χ0) is 28.4. The smallest absolute Gasteiger partial charge is 0.269 e. The molecule has 1 aliphatic carbocycles. The van der Waals surface area contributed by atoms with Gasteiger partial charge >= 0.3 is 0 Å². The Kier molecular flexibility index (Phi) is 6.91. The Hall–Kier alpha value is -5.62.